The lowest BCUT2D eigenvalue weighted by Crippen LogP contribution is -2.51. The van der Waals surface area contributed by atoms with Crippen molar-refractivity contribution in [3.05, 3.63) is 11.6 Å². The van der Waals surface area contributed by atoms with Gasteiger partial charge in [-0.3, -0.25) is 14.5 Å². The van der Waals surface area contributed by atoms with E-state index in [0.29, 0.717) is 50.9 Å². The SMILES string of the molecule is CCCCCCCCCCCCCCC(=O)NCCCCN(CC(=O)NCCCN)C(=O)O[C@H]1CC[C@@]2(C)C(=CC[C@H]3[C@@H]4CC[C@H]([C@H](C)CCCC(C)C)[C@@]4(C)CC[C@@H]32)C1. The fourth-order valence-electron chi connectivity index (χ4n) is 12.6. The standard InChI is InChI=1S/C52H94N4O4/c1-7-8-9-10-11-12-13-14-15-16-17-18-25-48(57)54-35-19-20-37-56(39-49(58)55-36-22-34-53)50(59)60-43-30-32-51(5)42(38-43)26-27-44-46-29-28-45(41(4)24-21-23-40(2)3)52(46,6)33-31-47(44)51/h26,40-41,43-47H,7-25,27-39,53H2,1-6H3,(H,54,57)(H,55,58)/t41-,43+,44+,45-,46+,47+,51+,52-/m1/s1. The number of ether oxygens (including phenoxy) is 1. The summed E-state index contributed by atoms with van der Waals surface area (Å²) < 4.78 is 6.26. The minimum absolute atomic E-state index is 0.0247. The van der Waals surface area contributed by atoms with E-state index in [4.69, 9.17) is 10.5 Å². The number of rotatable bonds is 29. The van der Waals surface area contributed by atoms with E-state index < -0.39 is 6.09 Å². The topological polar surface area (TPSA) is 114 Å². The van der Waals surface area contributed by atoms with Crippen molar-refractivity contribution in [1.29, 1.82) is 0 Å². The maximum absolute atomic E-state index is 13.8. The summed E-state index contributed by atoms with van der Waals surface area (Å²) in [6.07, 6.45) is 33.7. The number of nitrogens with two attached hydrogens (primary N) is 1. The van der Waals surface area contributed by atoms with Gasteiger partial charge in [-0.2, -0.15) is 0 Å². The number of hydrogen-bond donors (Lipinski definition) is 3. The van der Waals surface area contributed by atoms with E-state index in [9.17, 15) is 14.4 Å². The Morgan fingerprint density at radius 2 is 1.43 bits per heavy atom. The van der Waals surface area contributed by atoms with Gasteiger partial charge in [0.15, 0.2) is 0 Å². The van der Waals surface area contributed by atoms with Crippen LogP contribution < -0.4 is 16.4 Å². The number of nitrogens with zero attached hydrogens (tertiary/aromatic N) is 1. The molecule has 0 aromatic rings. The molecule has 0 heterocycles. The molecule has 8 heteroatoms. The fraction of sp³-hybridized carbons (Fsp3) is 0.904. The van der Waals surface area contributed by atoms with Crippen LogP contribution in [0.5, 0.6) is 0 Å². The van der Waals surface area contributed by atoms with Crippen LogP contribution in [0.1, 0.15) is 215 Å². The van der Waals surface area contributed by atoms with Crippen LogP contribution in [-0.2, 0) is 14.3 Å². The van der Waals surface area contributed by atoms with Crippen molar-refractivity contribution in [3.8, 4) is 0 Å². The van der Waals surface area contributed by atoms with E-state index in [1.807, 2.05) is 0 Å². The second kappa shape index (κ2) is 26.5. The number of carbonyl (C=O) groups is 3. The predicted octanol–water partition coefficient (Wildman–Crippen LogP) is 12.3. The molecule has 4 aliphatic carbocycles. The van der Waals surface area contributed by atoms with Crippen molar-refractivity contribution in [2.75, 3.05) is 32.7 Å². The molecule has 3 saturated carbocycles. The molecule has 0 radical (unpaired) electrons. The van der Waals surface area contributed by atoms with Crippen LogP contribution in [0.2, 0.25) is 0 Å². The molecule has 4 rings (SSSR count). The Labute approximate surface area is 368 Å². The second-order valence-corrected chi connectivity index (χ2v) is 21.1. The molecule has 0 spiro atoms. The lowest BCUT2D eigenvalue weighted by atomic mass is 9.47. The third-order valence-electron chi connectivity index (χ3n) is 16.3. The third-order valence-corrected chi connectivity index (χ3v) is 16.3. The van der Waals surface area contributed by atoms with Crippen LogP contribution in [0.3, 0.4) is 0 Å². The molecule has 0 bridgehead atoms. The summed E-state index contributed by atoms with van der Waals surface area (Å²) in [5.74, 6) is 4.74. The van der Waals surface area contributed by atoms with Crippen LogP contribution in [0.15, 0.2) is 11.6 Å². The lowest BCUT2D eigenvalue weighted by Gasteiger charge is -2.58. The molecule has 346 valence electrons. The summed E-state index contributed by atoms with van der Waals surface area (Å²) in [4.78, 5) is 40.7. The first-order valence-corrected chi connectivity index (χ1v) is 25.8. The number of hydrogen-bond acceptors (Lipinski definition) is 5. The quantitative estimate of drug-likeness (QED) is 0.0513. The number of carbonyl (C=O) groups excluding carboxylic acids is 3. The molecule has 8 nitrogen and oxygen atoms in total. The highest BCUT2D eigenvalue weighted by atomic mass is 16.6. The van der Waals surface area contributed by atoms with Crippen molar-refractivity contribution in [1.82, 2.24) is 15.5 Å². The van der Waals surface area contributed by atoms with Crippen LogP contribution in [0, 0.1) is 46.3 Å². The molecule has 0 aliphatic heterocycles. The zero-order valence-electron chi connectivity index (χ0n) is 39.9. The molecule has 0 aromatic carbocycles. The number of nitrogens with one attached hydrogen (secondary N) is 2. The first-order valence-electron chi connectivity index (χ1n) is 25.8. The van der Waals surface area contributed by atoms with Crippen molar-refractivity contribution in [2.24, 2.45) is 52.1 Å². The van der Waals surface area contributed by atoms with Gasteiger partial charge in [0.05, 0.1) is 0 Å². The van der Waals surface area contributed by atoms with Crippen LogP contribution in [-0.4, -0.2) is 61.6 Å². The van der Waals surface area contributed by atoms with Gasteiger partial charge in [0.25, 0.3) is 0 Å². The van der Waals surface area contributed by atoms with Gasteiger partial charge in [0.1, 0.15) is 12.6 Å². The molecule has 8 atom stereocenters. The van der Waals surface area contributed by atoms with Crippen molar-refractivity contribution in [2.45, 2.75) is 221 Å². The largest absolute Gasteiger partial charge is 0.446 e. The zero-order chi connectivity index (χ0) is 43.4. The Bertz CT molecular complexity index is 1300. The molecule has 0 aromatic heterocycles. The van der Waals surface area contributed by atoms with Gasteiger partial charge in [-0.1, -0.05) is 143 Å². The molecule has 4 N–H and O–H groups in total. The fourth-order valence-corrected chi connectivity index (χ4v) is 12.6. The molecular formula is C52H94N4O4. The maximum atomic E-state index is 13.8. The van der Waals surface area contributed by atoms with E-state index in [1.165, 1.54) is 121 Å². The van der Waals surface area contributed by atoms with Crippen molar-refractivity contribution < 1.29 is 19.1 Å². The highest BCUT2D eigenvalue weighted by Gasteiger charge is 2.59. The van der Waals surface area contributed by atoms with Crippen molar-refractivity contribution >= 4 is 17.9 Å². The van der Waals surface area contributed by atoms with Gasteiger partial charge in [-0.25, -0.2) is 4.79 Å². The first kappa shape index (κ1) is 50.6. The molecular weight excluding hydrogens is 745 g/mol. The Morgan fingerprint density at radius 1 is 0.767 bits per heavy atom. The summed E-state index contributed by atoms with van der Waals surface area (Å²) in [7, 11) is 0. The summed E-state index contributed by atoms with van der Waals surface area (Å²) in [5, 5.41) is 5.99. The van der Waals surface area contributed by atoms with E-state index in [-0.39, 0.29) is 29.9 Å². The van der Waals surface area contributed by atoms with Crippen LogP contribution in [0.25, 0.3) is 0 Å². The van der Waals surface area contributed by atoms with E-state index in [2.05, 4.69) is 58.3 Å². The molecule has 4 aliphatic rings. The van der Waals surface area contributed by atoms with E-state index in [1.54, 1.807) is 4.90 Å². The minimum Gasteiger partial charge on any atom is -0.446 e. The third kappa shape index (κ3) is 15.3. The summed E-state index contributed by atoms with van der Waals surface area (Å²) in [6, 6.07) is 0. The van der Waals surface area contributed by atoms with Gasteiger partial charge in [-0.05, 0) is 124 Å². The summed E-state index contributed by atoms with van der Waals surface area (Å²) in [6.45, 7) is 16.7. The molecule has 0 saturated heterocycles. The first-order chi connectivity index (χ1) is 28.9. The summed E-state index contributed by atoms with van der Waals surface area (Å²) >= 11 is 0. The van der Waals surface area contributed by atoms with Crippen molar-refractivity contribution in [3.63, 3.8) is 0 Å². The van der Waals surface area contributed by atoms with Gasteiger partial charge in [0, 0.05) is 32.5 Å². The van der Waals surface area contributed by atoms with Gasteiger partial charge in [-0.15, -0.1) is 0 Å². The Morgan fingerprint density at radius 3 is 2.12 bits per heavy atom. The predicted molar refractivity (Wildman–Crippen MR) is 250 cm³/mol. The Hall–Kier alpha value is -2.09. The highest BCUT2D eigenvalue weighted by molar-refractivity contribution is 5.82. The van der Waals surface area contributed by atoms with Gasteiger partial charge >= 0.3 is 6.09 Å². The number of fused-ring (bicyclic) bond motifs is 5. The maximum Gasteiger partial charge on any atom is 0.410 e. The summed E-state index contributed by atoms with van der Waals surface area (Å²) in [5.41, 5.74) is 7.82. The second-order valence-electron chi connectivity index (χ2n) is 21.1. The Kier molecular flexibility index (Phi) is 22.3. The molecule has 3 fully saturated rings. The molecule has 0 unspecified atom stereocenters. The van der Waals surface area contributed by atoms with Gasteiger partial charge in [0.2, 0.25) is 11.8 Å². The highest BCUT2D eigenvalue weighted by Crippen LogP contribution is 2.67. The van der Waals surface area contributed by atoms with E-state index >= 15 is 0 Å². The monoisotopic (exact) mass is 839 g/mol. The van der Waals surface area contributed by atoms with Crippen LogP contribution >= 0.6 is 0 Å². The minimum atomic E-state index is -0.393. The smallest absolute Gasteiger partial charge is 0.410 e. The number of allylic oxidation sites excluding steroid dienone is 1. The molecule has 3 amide bonds. The Balaban J connectivity index is 1.20. The average molecular weight is 839 g/mol. The van der Waals surface area contributed by atoms with Crippen LogP contribution in [0.4, 0.5) is 4.79 Å². The zero-order valence-corrected chi connectivity index (χ0v) is 39.9. The normalized spacial score (nSPS) is 27.7. The average Bonchev–Trinajstić information content (AvgIpc) is 3.58. The molecule has 60 heavy (non-hydrogen) atoms. The van der Waals surface area contributed by atoms with Gasteiger partial charge < -0.3 is 21.1 Å². The number of amides is 3. The van der Waals surface area contributed by atoms with E-state index in [0.717, 1.165) is 74.0 Å². The number of unbranched alkanes of at least 4 members (excludes halogenated alkanes) is 12. The lowest BCUT2D eigenvalue weighted by molar-refractivity contribution is -0.122.